The van der Waals surface area contributed by atoms with E-state index >= 15 is 0 Å². The molecule has 0 fully saturated rings. The van der Waals surface area contributed by atoms with Gasteiger partial charge in [0.2, 0.25) is 22.9 Å². The monoisotopic (exact) mass is 407 g/mol. The number of thioether (sulfide) groups is 1. The molecule has 2 N–H and O–H groups in total. The van der Waals surface area contributed by atoms with Gasteiger partial charge in [0, 0.05) is 11.4 Å². The molecule has 3 aromatic rings. The van der Waals surface area contributed by atoms with Crippen LogP contribution in [-0.2, 0) is 15.3 Å². The molecule has 0 aliphatic carbocycles. The van der Waals surface area contributed by atoms with Crippen molar-refractivity contribution in [3.63, 3.8) is 0 Å². The zero-order valence-corrected chi connectivity index (χ0v) is 17.0. The van der Waals surface area contributed by atoms with Crippen LogP contribution < -0.4 is 10.6 Å². The van der Waals surface area contributed by atoms with Crippen LogP contribution in [0.3, 0.4) is 0 Å². The number of aryl methyl sites for hydroxylation is 2. The summed E-state index contributed by atoms with van der Waals surface area (Å²) in [5.41, 5.74) is 3.97. The van der Waals surface area contributed by atoms with Gasteiger partial charge in [0.1, 0.15) is 6.04 Å². The number of carbonyl (C=O) groups excluding carboxylic acids is 2. The van der Waals surface area contributed by atoms with E-state index in [9.17, 15) is 9.59 Å². The number of carbonyl (C=O) groups is 2. The van der Waals surface area contributed by atoms with Crippen LogP contribution in [0.5, 0.6) is 0 Å². The molecule has 1 aromatic heterocycles. The van der Waals surface area contributed by atoms with Crippen LogP contribution in [0.15, 0.2) is 53.7 Å². The van der Waals surface area contributed by atoms with E-state index in [0.717, 1.165) is 16.7 Å². The predicted octanol–water partition coefficient (Wildman–Crippen LogP) is 3.71. The largest absolute Gasteiger partial charge is 0.324 e. The van der Waals surface area contributed by atoms with Crippen molar-refractivity contribution in [2.24, 2.45) is 0 Å². The lowest BCUT2D eigenvalue weighted by molar-refractivity contribution is -0.125. The number of hydrogen-bond acceptors (Lipinski definition) is 5. The van der Waals surface area contributed by atoms with Crippen molar-refractivity contribution in [2.75, 3.05) is 10.6 Å². The minimum absolute atomic E-state index is 0.0236. The van der Waals surface area contributed by atoms with Crippen molar-refractivity contribution in [3.8, 4) is 0 Å². The summed E-state index contributed by atoms with van der Waals surface area (Å²) in [5, 5.41) is 10.6. The van der Waals surface area contributed by atoms with Crippen molar-refractivity contribution in [1.82, 2.24) is 14.8 Å². The Kier molecular flexibility index (Phi) is 5.35. The fraction of sp³-hybridized carbons (Fsp3) is 0.238. The highest BCUT2D eigenvalue weighted by molar-refractivity contribution is 7.98. The quantitative estimate of drug-likeness (QED) is 0.630. The summed E-state index contributed by atoms with van der Waals surface area (Å²) in [7, 11) is 0. The van der Waals surface area contributed by atoms with Crippen LogP contribution in [0.25, 0.3) is 0 Å². The standard InChI is InChI=1S/C21H21N5O2S/c1-13-8-14(2)10-16(9-13)22-19(28)17-11-18(27)23-20-24-21(25-26(17)20)29-12-15-6-4-3-5-7-15/h3-10,17H,11-12H2,1-2H3,(H,22,28)(H,23,24,25,27). The second-order valence-electron chi connectivity index (χ2n) is 7.07. The van der Waals surface area contributed by atoms with E-state index in [1.165, 1.54) is 16.4 Å². The van der Waals surface area contributed by atoms with Gasteiger partial charge in [-0.2, -0.15) is 4.98 Å². The summed E-state index contributed by atoms with van der Waals surface area (Å²) in [4.78, 5) is 29.4. The fourth-order valence-corrected chi connectivity index (χ4v) is 4.09. The maximum atomic E-state index is 12.9. The van der Waals surface area contributed by atoms with E-state index in [1.807, 2.05) is 62.4 Å². The Labute approximate surface area is 172 Å². The lowest BCUT2D eigenvalue weighted by Crippen LogP contribution is -2.36. The number of aromatic nitrogens is 3. The van der Waals surface area contributed by atoms with Crippen molar-refractivity contribution in [1.29, 1.82) is 0 Å². The summed E-state index contributed by atoms with van der Waals surface area (Å²) < 4.78 is 1.51. The second kappa shape index (κ2) is 8.08. The molecular weight excluding hydrogens is 386 g/mol. The van der Waals surface area contributed by atoms with E-state index in [0.29, 0.717) is 22.5 Å². The molecule has 2 aromatic carbocycles. The number of rotatable bonds is 5. The molecule has 148 valence electrons. The van der Waals surface area contributed by atoms with Gasteiger partial charge in [0.15, 0.2) is 0 Å². The van der Waals surface area contributed by atoms with Gasteiger partial charge in [0.05, 0.1) is 6.42 Å². The second-order valence-corrected chi connectivity index (χ2v) is 8.01. The molecule has 29 heavy (non-hydrogen) atoms. The van der Waals surface area contributed by atoms with E-state index in [-0.39, 0.29) is 18.2 Å². The Morgan fingerprint density at radius 2 is 1.93 bits per heavy atom. The van der Waals surface area contributed by atoms with Crippen molar-refractivity contribution in [3.05, 3.63) is 65.2 Å². The van der Waals surface area contributed by atoms with Gasteiger partial charge in [-0.3, -0.25) is 14.9 Å². The van der Waals surface area contributed by atoms with Crippen molar-refractivity contribution in [2.45, 2.75) is 37.2 Å². The third kappa shape index (κ3) is 4.48. The summed E-state index contributed by atoms with van der Waals surface area (Å²) in [5.74, 6) is 0.482. The number of hydrogen-bond donors (Lipinski definition) is 2. The van der Waals surface area contributed by atoms with E-state index in [1.54, 1.807) is 0 Å². The molecule has 1 aliphatic heterocycles. The third-order valence-electron chi connectivity index (χ3n) is 4.54. The minimum Gasteiger partial charge on any atom is -0.324 e. The third-order valence-corrected chi connectivity index (χ3v) is 5.45. The Morgan fingerprint density at radius 1 is 1.21 bits per heavy atom. The molecule has 0 spiro atoms. The lowest BCUT2D eigenvalue weighted by atomic mass is 10.1. The van der Waals surface area contributed by atoms with Gasteiger partial charge in [-0.25, -0.2) is 4.68 Å². The van der Waals surface area contributed by atoms with Gasteiger partial charge in [-0.1, -0.05) is 48.2 Å². The maximum absolute atomic E-state index is 12.9. The first-order valence-corrected chi connectivity index (χ1v) is 10.3. The molecule has 4 rings (SSSR count). The Morgan fingerprint density at radius 3 is 2.66 bits per heavy atom. The van der Waals surface area contributed by atoms with Crippen LogP contribution >= 0.6 is 11.8 Å². The molecule has 1 atom stereocenters. The Bertz CT molecular complexity index is 1040. The highest BCUT2D eigenvalue weighted by Crippen LogP contribution is 2.28. The average Bonchev–Trinajstić information content (AvgIpc) is 3.08. The first-order chi connectivity index (χ1) is 14.0. The molecular formula is C21H21N5O2S. The highest BCUT2D eigenvalue weighted by Gasteiger charge is 2.33. The van der Waals surface area contributed by atoms with Crippen molar-refractivity contribution < 1.29 is 9.59 Å². The summed E-state index contributed by atoms with van der Waals surface area (Å²) in [6.07, 6.45) is 0.0236. The zero-order chi connectivity index (χ0) is 20.4. The SMILES string of the molecule is Cc1cc(C)cc(NC(=O)C2CC(=O)Nc3nc(SCc4ccccc4)nn32)c1. The van der Waals surface area contributed by atoms with Gasteiger partial charge in [-0.15, -0.1) is 5.10 Å². The number of benzene rings is 2. The molecule has 1 aliphatic rings. The first-order valence-electron chi connectivity index (χ1n) is 9.30. The lowest BCUT2D eigenvalue weighted by Gasteiger charge is -2.22. The normalized spacial score (nSPS) is 15.5. The van der Waals surface area contributed by atoms with E-state index in [4.69, 9.17) is 0 Å². The van der Waals surface area contributed by atoms with Gasteiger partial charge >= 0.3 is 0 Å². The predicted molar refractivity (Wildman–Crippen MR) is 113 cm³/mol. The van der Waals surface area contributed by atoms with Gasteiger partial charge in [0.25, 0.3) is 0 Å². The van der Waals surface area contributed by atoms with Crippen LogP contribution in [0.4, 0.5) is 11.6 Å². The minimum atomic E-state index is -0.738. The Hall–Kier alpha value is -3.13. The smallest absolute Gasteiger partial charge is 0.249 e. The summed E-state index contributed by atoms with van der Waals surface area (Å²) in [6.45, 7) is 3.95. The molecule has 2 heterocycles. The van der Waals surface area contributed by atoms with Crippen LogP contribution in [-0.4, -0.2) is 26.6 Å². The molecule has 0 bridgehead atoms. The Balaban J connectivity index is 1.52. The van der Waals surface area contributed by atoms with Crippen LogP contribution in [0.1, 0.15) is 29.2 Å². The first kappa shape index (κ1) is 19.2. The molecule has 1 unspecified atom stereocenters. The average molecular weight is 407 g/mol. The number of amides is 2. The molecule has 0 saturated heterocycles. The topological polar surface area (TPSA) is 88.9 Å². The highest BCUT2D eigenvalue weighted by atomic mass is 32.2. The number of nitrogens with zero attached hydrogens (tertiary/aromatic N) is 3. The molecule has 0 saturated carbocycles. The fourth-order valence-electron chi connectivity index (χ4n) is 3.30. The van der Waals surface area contributed by atoms with Crippen molar-refractivity contribution >= 4 is 35.2 Å². The van der Waals surface area contributed by atoms with Gasteiger partial charge in [-0.05, 0) is 42.7 Å². The summed E-state index contributed by atoms with van der Waals surface area (Å²) in [6, 6.07) is 15.1. The molecule has 8 heteroatoms. The van der Waals surface area contributed by atoms with Gasteiger partial charge < -0.3 is 5.32 Å². The zero-order valence-electron chi connectivity index (χ0n) is 16.2. The molecule has 2 amide bonds. The number of anilines is 2. The van der Waals surface area contributed by atoms with E-state index < -0.39 is 6.04 Å². The van der Waals surface area contributed by atoms with E-state index in [2.05, 4.69) is 20.7 Å². The molecule has 0 radical (unpaired) electrons. The number of fused-ring (bicyclic) bond motifs is 1. The molecule has 7 nitrogen and oxygen atoms in total. The summed E-state index contributed by atoms with van der Waals surface area (Å²) >= 11 is 1.46. The maximum Gasteiger partial charge on any atom is 0.249 e. The number of nitrogens with one attached hydrogen (secondary N) is 2. The van der Waals surface area contributed by atoms with Crippen LogP contribution in [0.2, 0.25) is 0 Å². The van der Waals surface area contributed by atoms with Crippen LogP contribution in [0, 0.1) is 13.8 Å².